The van der Waals surface area contributed by atoms with Gasteiger partial charge in [0.25, 0.3) is 0 Å². The van der Waals surface area contributed by atoms with Crippen LogP contribution in [0, 0.1) is 0 Å². The third-order valence-electron chi connectivity index (χ3n) is 4.14. The Bertz CT molecular complexity index is 1200. The summed E-state index contributed by atoms with van der Waals surface area (Å²) in [5.74, 6) is 0.667. The van der Waals surface area contributed by atoms with Gasteiger partial charge in [-0.2, -0.15) is 0 Å². The Kier molecular flexibility index (Phi) is 4.33. The van der Waals surface area contributed by atoms with Crippen molar-refractivity contribution in [2.75, 3.05) is 11.6 Å². The van der Waals surface area contributed by atoms with Crippen LogP contribution < -0.4 is 5.32 Å². The van der Waals surface area contributed by atoms with Crippen LogP contribution in [0.5, 0.6) is 0 Å². The lowest BCUT2D eigenvalue weighted by Crippen LogP contribution is -2.05. The highest BCUT2D eigenvalue weighted by molar-refractivity contribution is 7.90. The summed E-state index contributed by atoms with van der Waals surface area (Å²) in [6.45, 7) is 0.459. The molecule has 0 fully saturated rings. The molecular weight excluding hydrogens is 362 g/mol. The second kappa shape index (κ2) is 6.81. The number of fused-ring (bicyclic) bond motifs is 1. The molecule has 8 heteroatoms. The van der Waals surface area contributed by atoms with Crippen LogP contribution in [0.25, 0.3) is 16.9 Å². The Morgan fingerprint density at radius 2 is 1.89 bits per heavy atom. The van der Waals surface area contributed by atoms with E-state index in [9.17, 15) is 8.42 Å². The fourth-order valence-corrected chi connectivity index (χ4v) is 3.46. The summed E-state index contributed by atoms with van der Waals surface area (Å²) in [5.41, 5.74) is 3.45. The van der Waals surface area contributed by atoms with Gasteiger partial charge < -0.3 is 5.32 Å². The smallest absolute Gasteiger partial charge is 0.175 e. The fourth-order valence-electron chi connectivity index (χ4n) is 2.77. The minimum absolute atomic E-state index is 0.305. The molecule has 136 valence electrons. The first-order valence-electron chi connectivity index (χ1n) is 8.29. The second-order valence-corrected chi connectivity index (χ2v) is 8.16. The lowest BCUT2D eigenvalue weighted by molar-refractivity contribution is 0.601. The highest BCUT2D eigenvalue weighted by Gasteiger charge is 2.09. The van der Waals surface area contributed by atoms with Crippen molar-refractivity contribution in [3.8, 4) is 11.3 Å². The van der Waals surface area contributed by atoms with Crippen molar-refractivity contribution >= 4 is 21.3 Å². The van der Waals surface area contributed by atoms with E-state index in [2.05, 4.69) is 20.4 Å². The van der Waals surface area contributed by atoms with Crippen LogP contribution in [0.4, 0.5) is 5.82 Å². The zero-order chi connectivity index (χ0) is 18.9. The maximum absolute atomic E-state index is 11.7. The number of pyridine rings is 1. The molecule has 4 rings (SSSR count). The molecule has 0 amide bonds. The lowest BCUT2D eigenvalue weighted by Gasteiger charge is -2.08. The number of hydrogen-bond acceptors (Lipinski definition) is 6. The summed E-state index contributed by atoms with van der Waals surface area (Å²) in [4.78, 5) is 8.72. The van der Waals surface area contributed by atoms with Crippen LogP contribution in [0.2, 0.25) is 0 Å². The van der Waals surface area contributed by atoms with E-state index in [0.29, 0.717) is 17.3 Å². The third kappa shape index (κ3) is 3.65. The van der Waals surface area contributed by atoms with E-state index in [1.807, 2.05) is 30.3 Å². The molecule has 0 unspecified atom stereocenters. The van der Waals surface area contributed by atoms with Crippen LogP contribution >= 0.6 is 0 Å². The molecule has 3 heterocycles. The lowest BCUT2D eigenvalue weighted by atomic mass is 10.2. The SMILES string of the molecule is CS(=O)(=O)c1cccc(CNc2ccc3ncc(-c4ccncc4)n3n2)c1. The molecule has 0 aliphatic rings. The zero-order valence-electron chi connectivity index (χ0n) is 14.6. The van der Waals surface area contributed by atoms with E-state index >= 15 is 0 Å². The number of nitrogens with one attached hydrogen (secondary N) is 1. The number of hydrogen-bond donors (Lipinski definition) is 1. The van der Waals surface area contributed by atoms with E-state index in [-0.39, 0.29) is 0 Å². The summed E-state index contributed by atoms with van der Waals surface area (Å²) >= 11 is 0. The first-order chi connectivity index (χ1) is 13.0. The summed E-state index contributed by atoms with van der Waals surface area (Å²) < 4.78 is 25.2. The molecule has 0 aliphatic heterocycles. The molecule has 27 heavy (non-hydrogen) atoms. The molecule has 0 spiro atoms. The fraction of sp³-hybridized carbons (Fsp3) is 0.105. The Morgan fingerprint density at radius 3 is 2.67 bits per heavy atom. The maximum Gasteiger partial charge on any atom is 0.175 e. The van der Waals surface area contributed by atoms with Gasteiger partial charge >= 0.3 is 0 Å². The minimum Gasteiger partial charge on any atom is -0.365 e. The Labute approximate surface area is 156 Å². The Hall–Kier alpha value is -3.26. The van der Waals surface area contributed by atoms with Gasteiger partial charge in [-0.05, 0) is 42.0 Å². The number of sulfone groups is 1. The molecule has 0 bridgehead atoms. The van der Waals surface area contributed by atoms with E-state index < -0.39 is 9.84 Å². The first-order valence-corrected chi connectivity index (χ1v) is 10.2. The molecule has 0 radical (unpaired) electrons. The molecule has 0 aliphatic carbocycles. The van der Waals surface area contributed by atoms with Gasteiger partial charge in [0, 0.05) is 30.8 Å². The number of rotatable bonds is 5. The van der Waals surface area contributed by atoms with Gasteiger partial charge in [0.05, 0.1) is 16.8 Å². The van der Waals surface area contributed by atoms with Gasteiger partial charge in [0.15, 0.2) is 15.5 Å². The van der Waals surface area contributed by atoms with Crippen LogP contribution in [-0.2, 0) is 16.4 Å². The van der Waals surface area contributed by atoms with E-state index in [0.717, 1.165) is 22.5 Å². The average molecular weight is 379 g/mol. The molecule has 4 aromatic rings. The highest BCUT2D eigenvalue weighted by atomic mass is 32.2. The average Bonchev–Trinajstić information content (AvgIpc) is 3.10. The molecule has 0 saturated carbocycles. The van der Waals surface area contributed by atoms with Crippen molar-refractivity contribution in [1.29, 1.82) is 0 Å². The monoisotopic (exact) mass is 379 g/mol. The quantitative estimate of drug-likeness (QED) is 0.574. The molecular formula is C19H17N5O2S. The molecule has 0 saturated heterocycles. The van der Waals surface area contributed by atoms with Crippen LogP contribution in [0.15, 0.2) is 72.0 Å². The van der Waals surface area contributed by atoms with Gasteiger partial charge in [0.1, 0.15) is 5.82 Å². The number of benzene rings is 1. The van der Waals surface area contributed by atoms with Crippen molar-refractivity contribution in [3.63, 3.8) is 0 Å². The van der Waals surface area contributed by atoms with E-state index in [1.54, 1.807) is 41.3 Å². The zero-order valence-corrected chi connectivity index (χ0v) is 15.4. The first kappa shape index (κ1) is 17.2. The molecule has 7 nitrogen and oxygen atoms in total. The van der Waals surface area contributed by atoms with Gasteiger partial charge in [-0.1, -0.05) is 12.1 Å². The standard InChI is InChI=1S/C19H17N5O2S/c1-27(25,26)16-4-2-3-14(11-16)12-21-18-5-6-19-22-13-17(24(19)23-18)15-7-9-20-10-8-15/h2-11,13H,12H2,1H3,(H,21,23). The Morgan fingerprint density at radius 1 is 1.07 bits per heavy atom. The van der Waals surface area contributed by atoms with Gasteiger partial charge in [-0.25, -0.2) is 17.9 Å². The largest absolute Gasteiger partial charge is 0.365 e. The molecule has 1 N–H and O–H groups in total. The van der Waals surface area contributed by atoms with Crippen LogP contribution in [0.1, 0.15) is 5.56 Å². The van der Waals surface area contributed by atoms with E-state index in [4.69, 9.17) is 0 Å². The van der Waals surface area contributed by atoms with Crippen LogP contribution in [0.3, 0.4) is 0 Å². The van der Waals surface area contributed by atoms with Gasteiger partial charge in [-0.3, -0.25) is 4.98 Å². The second-order valence-electron chi connectivity index (χ2n) is 6.14. The number of anilines is 1. The van der Waals surface area contributed by atoms with Crippen molar-refractivity contribution in [2.45, 2.75) is 11.4 Å². The number of imidazole rings is 1. The number of nitrogens with zero attached hydrogens (tertiary/aromatic N) is 4. The minimum atomic E-state index is -3.23. The predicted octanol–water partition coefficient (Wildman–Crippen LogP) is 2.81. The summed E-state index contributed by atoms with van der Waals surface area (Å²) in [5, 5.41) is 7.84. The van der Waals surface area contributed by atoms with Gasteiger partial charge in [0.2, 0.25) is 0 Å². The van der Waals surface area contributed by atoms with Crippen molar-refractivity contribution in [1.82, 2.24) is 19.6 Å². The van der Waals surface area contributed by atoms with Crippen molar-refractivity contribution < 1.29 is 8.42 Å². The predicted molar refractivity (Wildman–Crippen MR) is 103 cm³/mol. The summed E-state index contributed by atoms with van der Waals surface area (Å²) in [7, 11) is -3.23. The Balaban J connectivity index is 1.60. The highest BCUT2D eigenvalue weighted by Crippen LogP contribution is 2.20. The number of aromatic nitrogens is 4. The third-order valence-corrected chi connectivity index (χ3v) is 5.25. The van der Waals surface area contributed by atoms with E-state index in [1.165, 1.54) is 6.26 Å². The summed E-state index contributed by atoms with van der Waals surface area (Å²) in [6, 6.07) is 14.4. The van der Waals surface area contributed by atoms with Crippen LogP contribution in [-0.4, -0.2) is 34.3 Å². The molecule has 3 aromatic heterocycles. The normalized spacial score (nSPS) is 11.6. The topological polar surface area (TPSA) is 89.2 Å². The molecule has 0 atom stereocenters. The van der Waals surface area contributed by atoms with Crippen molar-refractivity contribution in [2.24, 2.45) is 0 Å². The maximum atomic E-state index is 11.7. The van der Waals surface area contributed by atoms with Gasteiger partial charge in [-0.15, -0.1) is 5.10 Å². The summed E-state index contributed by atoms with van der Waals surface area (Å²) in [6.07, 6.45) is 6.43. The van der Waals surface area contributed by atoms with Crippen molar-refractivity contribution in [3.05, 3.63) is 72.7 Å². The molecule has 1 aromatic carbocycles.